The van der Waals surface area contributed by atoms with Crippen LogP contribution in [-0.4, -0.2) is 12.2 Å². The third-order valence-corrected chi connectivity index (χ3v) is 6.13. The SMILES string of the molecule is CCCC1CCC(C2(OCC)C=CC(C#Cc3cccc(F)c3F)=CC2)CC1. The smallest absolute Gasteiger partial charge is 0.174 e. The Morgan fingerprint density at radius 3 is 2.54 bits per heavy atom. The summed E-state index contributed by atoms with van der Waals surface area (Å²) in [4.78, 5) is 0. The molecule has 1 unspecified atom stereocenters. The van der Waals surface area contributed by atoms with Gasteiger partial charge in [0.1, 0.15) is 0 Å². The second-order valence-corrected chi connectivity index (χ2v) is 7.94. The normalized spacial score (nSPS) is 27.1. The van der Waals surface area contributed by atoms with Crippen LogP contribution in [0.3, 0.4) is 0 Å². The van der Waals surface area contributed by atoms with Crippen LogP contribution in [0.15, 0.2) is 42.0 Å². The fourth-order valence-corrected chi connectivity index (χ4v) is 4.61. The molecule has 2 aliphatic rings. The van der Waals surface area contributed by atoms with Gasteiger partial charge in [-0.15, -0.1) is 0 Å². The maximum Gasteiger partial charge on any atom is 0.174 e. The highest BCUT2D eigenvalue weighted by Gasteiger charge is 2.39. The summed E-state index contributed by atoms with van der Waals surface area (Å²) >= 11 is 0. The average molecular weight is 385 g/mol. The minimum Gasteiger partial charge on any atom is -0.371 e. The predicted molar refractivity (Wildman–Crippen MR) is 110 cm³/mol. The van der Waals surface area contributed by atoms with Gasteiger partial charge >= 0.3 is 0 Å². The maximum atomic E-state index is 13.8. The van der Waals surface area contributed by atoms with E-state index in [-0.39, 0.29) is 11.2 Å². The summed E-state index contributed by atoms with van der Waals surface area (Å²) in [6.45, 7) is 4.99. The van der Waals surface area contributed by atoms with E-state index < -0.39 is 11.6 Å². The van der Waals surface area contributed by atoms with E-state index in [1.54, 1.807) is 0 Å². The van der Waals surface area contributed by atoms with Gasteiger partial charge in [-0.05, 0) is 56.2 Å². The quantitative estimate of drug-likeness (QED) is 0.521. The van der Waals surface area contributed by atoms with E-state index >= 15 is 0 Å². The Morgan fingerprint density at radius 1 is 1.11 bits per heavy atom. The van der Waals surface area contributed by atoms with Gasteiger partial charge < -0.3 is 4.74 Å². The van der Waals surface area contributed by atoms with Crippen LogP contribution in [-0.2, 0) is 4.74 Å². The fourth-order valence-electron chi connectivity index (χ4n) is 4.61. The van der Waals surface area contributed by atoms with Gasteiger partial charge in [0.15, 0.2) is 11.6 Å². The van der Waals surface area contributed by atoms with Crippen LogP contribution in [0.25, 0.3) is 0 Å². The molecule has 1 aromatic rings. The first-order valence-corrected chi connectivity index (χ1v) is 10.6. The summed E-state index contributed by atoms with van der Waals surface area (Å²) in [5, 5.41) is 0. The molecule has 0 aromatic heterocycles. The fraction of sp³-hybridized carbons (Fsp3) is 0.520. The Balaban J connectivity index is 1.70. The first-order valence-electron chi connectivity index (χ1n) is 10.6. The van der Waals surface area contributed by atoms with Crippen molar-refractivity contribution in [1.82, 2.24) is 0 Å². The van der Waals surface area contributed by atoms with E-state index in [4.69, 9.17) is 4.74 Å². The molecule has 0 bridgehead atoms. The molecule has 0 amide bonds. The molecule has 0 N–H and O–H groups in total. The van der Waals surface area contributed by atoms with Crippen LogP contribution >= 0.6 is 0 Å². The third-order valence-electron chi connectivity index (χ3n) is 6.13. The first-order chi connectivity index (χ1) is 13.6. The molecule has 1 nitrogen and oxygen atoms in total. The lowest BCUT2D eigenvalue weighted by Gasteiger charge is -2.42. The number of rotatable bonds is 5. The Labute approximate surface area is 167 Å². The van der Waals surface area contributed by atoms with E-state index in [2.05, 4.69) is 30.9 Å². The average Bonchev–Trinajstić information content (AvgIpc) is 2.71. The van der Waals surface area contributed by atoms with Crippen molar-refractivity contribution in [3.05, 3.63) is 59.2 Å². The lowest BCUT2D eigenvalue weighted by atomic mass is 9.70. The molecule has 2 aliphatic carbocycles. The predicted octanol–water partition coefficient (Wildman–Crippen LogP) is 6.58. The van der Waals surface area contributed by atoms with Crippen molar-refractivity contribution in [3.63, 3.8) is 0 Å². The molecule has 3 rings (SSSR count). The zero-order chi connectivity index (χ0) is 20.0. The summed E-state index contributed by atoms with van der Waals surface area (Å²) < 4.78 is 33.4. The van der Waals surface area contributed by atoms with E-state index in [1.165, 1.54) is 50.7 Å². The molecule has 150 valence electrons. The summed E-state index contributed by atoms with van der Waals surface area (Å²) in [7, 11) is 0. The van der Waals surface area contributed by atoms with Gasteiger partial charge in [0.05, 0.1) is 11.2 Å². The highest BCUT2D eigenvalue weighted by Crippen LogP contribution is 2.43. The molecule has 28 heavy (non-hydrogen) atoms. The lowest BCUT2D eigenvalue weighted by molar-refractivity contribution is -0.0584. The van der Waals surface area contributed by atoms with E-state index in [1.807, 2.05) is 13.0 Å². The van der Waals surface area contributed by atoms with Crippen LogP contribution in [0.1, 0.15) is 64.4 Å². The van der Waals surface area contributed by atoms with Gasteiger partial charge in [0.25, 0.3) is 0 Å². The van der Waals surface area contributed by atoms with Crippen molar-refractivity contribution < 1.29 is 13.5 Å². The highest BCUT2D eigenvalue weighted by atomic mass is 19.2. The first kappa shape index (κ1) is 20.8. The lowest BCUT2D eigenvalue weighted by Crippen LogP contribution is -2.41. The minimum atomic E-state index is -0.886. The summed E-state index contributed by atoms with van der Waals surface area (Å²) in [6, 6.07) is 4.08. The van der Waals surface area contributed by atoms with Crippen molar-refractivity contribution in [2.45, 2.75) is 64.4 Å². The Hall–Kier alpha value is -1.92. The van der Waals surface area contributed by atoms with Crippen molar-refractivity contribution in [2.75, 3.05) is 6.61 Å². The van der Waals surface area contributed by atoms with Gasteiger partial charge in [-0.2, -0.15) is 0 Å². The van der Waals surface area contributed by atoms with Crippen LogP contribution in [0.4, 0.5) is 8.78 Å². The zero-order valence-electron chi connectivity index (χ0n) is 16.9. The Bertz CT molecular complexity index is 791. The molecular weight excluding hydrogens is 354 g/mol. The molecule has 0 saturated heterocycles. The molecule has 1 atom stereocenters. The summed E-state index contributed by atoms with van der Waals surface area (Å²) in [5.41, 5.74) is 0.671. The topological polar surface area (TPSA) is 9.23 Å². The number of hydrogen-bond donors (Lipinski definition) is 0. The van der Waals surface area contributed by atoms with Gasteiger partial charge in [-0.1, -0.05) is 62.7 Å². The molecule has 1 fully saturated rings. The number of halogens is 2. The molecule has 0 spiro atoms. The molecule has 3 heteroatoms. The maximum absolute atomic E-state index is 13.8. The van der Waals surface area contributed by atoms with Crippen molar-refractivity contribution in [2.24, 2.45) is 11.8 Å². The van der Waals surface area contributed by atoms with Crippen LogP contribution < -0.4 is 0 Å². The summed E-state index contributed by atoms with van der Waals surface area (Å²) in [5.74, 6) is 5.38. The second kappa shape index (κ2) is 9.52. The number of ether oxygens (including phenoxy) is 1. The van der Waals surface area contributed by atoms with Gasteiger partial charge in [-0.25, -0.2) is 8.78 Å². The molecule has 0 heterocycles. The molecule has 1 aromatic carbocycles. The van der Waals surface area contributed by atoms with E-state index in [9.17, 15) is 8.78 Å². The number of allylic oxidation sites excluding steroid dienone is 2. The monoisotopic (exact) mass is 384 g/mol. The molecule has 1 saturated carbocycles. The Morgan fingerprint density at radius 2 is 1.89 bits per heavy atom. The van der Waals surface area contributed by atoms with Crippen LogP contribution in [0.2, 0.25) is 0 Å². The van der Waals surface area contributed by atoms with Crippen molar-refractivity contribution in [3.8, 4) is 11.8 Å². The van der Waals surface area contributed by atoms with Gasteiger partial charge in [0, 0.05) is 12.2 Å². The van der Waals surface area contributed by atoms with Crippen molar-refractivity contribution >= 4 is 0 Å². The molecule has 0 radical (unpaired) electrons. The highest BCUT2D eigenvalue weighted by molar-refractivity contribution is 5.47. The summed E-state index contributed by atoms with van der Waals surface area (Å²) in [6.07, 6.45) is 14.6. The number of hydrogen-bond acceptors (Lipinski definition) is 1. The van der Waals surface area contributed by atoms with Crippen LogP contribution in [0.5, 0.6) is 0 Å². The largest absolute Gasteiger partial charge is 0.371 e. The molecular formula is C25H30F2O. The number of benzene rings is 1. The minimum absolute atomic E-state index is 0.0881. The van der Waals surface area contributed by atoms with Crippen molar-refractivity contribution in [1.29, 1.82) is 0 Å². The van der Waals surface area contributed by atoms with Gasteiger partial charge in [-0.3, -0.25) is 0 Å². The van der Waals surface area contributed by atoms with Crippen LogP contribution in [0, 0.1) is 35.3 Å². The molecule has 0 aliphatic heterocycles. The third kappa shape index (κ3) is 4.73. The Kier molecular flexibility index (Phi) is 7.08. The van der Waals surface area contributed by atoms with E-state index in [0.29, 0.717) is 12.5 Å². The standard InChI is InChI=1S/C25H30F2O/c1-3-6-19-10-13-22(14-11-19)25(28-4-2)17-15-20(16-18-25)9-12-21-7-5-8-23(26)24(21)27/h5,7-8,15-17,19,22H,3-4,6,10-11,13-14,18H2,1-2H3. The zero-order valence-corrected chi connectivity index (χ0v) is 16.9. The second-order valence-electron chi connectivity index (χ2n) is 7.94. The van der Waals surface area contributed by atoms with Gasteiger partial charge in [0.2, 0.25) is 0 Å². The van der Waals surface area contributed by atoms with E-state index in [0.717, 1.165) is 24.0 Å².